The standard InChI is InChI=1S/C17H21N3O2/c1-13-9-16(18-22-13)11-19(2)12-17(21)20-8-7-14-5-3-4-6-15(14)10-20/h3-6,9H,7-8,10-12H2,1-2H3. The molecule has 0 spiro atoms. The summed E-state index contributed by atoms with van der Waals surface area (Å²) >= 11 is 0. The number of likely N-dealkylation sites (N-methyl/N-ethyl adjacent to an activating group) is 1. The van der Waals surface area contributed by atoms with Gasteiger partial charge in [0, 0.05) is 25.7 Å². The first-order chi connectivity index (χ1) is 10.6. The molecule has 5 heteroatoms. The fraction of sp³-hybridized carbons (Fsp3) is 0.412. The van der Waals surface area contributed by atoms with Gasteiger partial charge >= 0.3 is 0 Å². The van der Waals surface area contributed by atoms with Crippen molar-refractivity contribution in [1.29, 1.82) is 0 Å². The first-order valence-electron chi connectivity index (χ1n) is 7.57. The highest BCUT2D eigenvalue weighted by atomic mass is 16.5. The largest absolute Gasteiger partial charge is 0.361 e. The topological polar surface area (TPSA) is 49.6 Å². The van der Waals surface area contributed by atoms with Crippen molar-refractivity contribution in [3.63, 3.8) is 0 Å². The quantitative estimate of drug-likeness (QED) is 0.866. The molecule has 1 aromatic carbocycles. The van der Waals surface area contributed by atoms with Crippen LogP contribution in [-0.4, -0.2) is 41.0 Å². The van der Waals surface area contributed by atoms with E-state index in [1.54, 1.807) is 0 Å². The summed E-state index contributed by atoms with van der Waals surface area (Å²) in [5.41, 5.74) is 3.48. The summed E-state index contributed by atoms with van der Waals surface area (Å²) in [6, 6.07) is 10.3. The van der Waals surface area contributed by atoms with Crippen LogP contribution in [0.4, 0.5) is 0 Å². The van der Waals surface area contributed by atoms with Crippen LogP contribution in [0.5, 0.6) is 0 Å². The normalized spacial score (nSPS) is 14.2. The Bertz CT molecular complexity index is 665. The van der Waals surface area contributed by atoms with Crippen molar-refractivity contribution in [3.8, 4) is 0 Å². The molecular weight excluding hydrogens is 278 g/mol. The maximum atomic E-state index is 12.5. The monoisotopic (exact) mass is 299 g/mol. The number of benzene rings is 1. The van der Waals surface area contributed by atoms with E-state index in [1.807, 2.05) is 35.9 Å². The first kappa shape index (κ1) is 14.8. The molecule has 2 aromatic rings. The van der Waals surface area contributed by atoms with E-state index in [0.717, 1.165) is 24.4 Å². The summed E-state index contributed by atoms with van der Waals surface area (Å²) in [7, 11) is 1.93. The number of carbonyl (C=O) groups excluding carboxylic acids is 1. The van der Waals surface area contributed by atoms with Crippen LogP contribution in [0.1, 0.15) is 22.6 Å². The zero-order valence-electron chi connectivity index (χ0n) is 13.1. The second-order valence-corrected chi connectivity index (χ2v) is 5.94. The molecule has 1 aliphatic heterocycles. The van der Waals surface area contributed by atoms with E-state index in [0.29, 0.717) is 19.6 Å². The Labute approximate surface area is 130 Å². The molecule has 0 bridgehead atoms. The SMILES string of the molecule is Cc1cc(CN(C)CC(=O)N2CCc3ccccc3C2)no1. The molecule has 1 amide bonds. The van der Waals surface area contributed by atoms with Crippen molar-refractivity contribution in [2.45, 2.75) is 26.4 Å². The van der Waals surface area contributed by atoms with Gasteiger partial charge in [-0.05, 0) is 31.5 Å². The summed E-state index contributed by atoms with van der Waals surface area (Å²) < 4.78 is 5.05. The number of nitrogens with zero attached hydrogens (tertiary/aromatic N) is 3. The molecule has 0 fully saturated rings. The van der Waals surface area contributed by atoms with E-state index in [2.05, 4.69) is 23.4 Å². The van der Waals surface area contributed by atoms with Gasteiger partial charge in [0.25, 0.3) is 0 Å². The molecule has 2 heterocycles. The van der Waals surface area contributed by atoms with E-state index in [-0.39, 0.29) is 5.91 Å². The fourth-order valence-corrected chi connectivity index (χ4v) is 2.86. The van der Waals surface area contributed by atoms with Gasteiger partial charge in [-0.3, -0.25) is 9.69 Å². The van der Waals surface area contributed by atoms with Crippen LogP contribution in [0.3, 0.4) is 0 Å². The Balaban J connectivity index is 1.56. The zero-order valence-corrected chi connectivity index (χ0v) is 13.1. The molecule has 0 unspecified atom stereocenters. The Kier molecular flexibility index (Phi) is 4.24. The van der Waals surface area contributed by atoms with E-state index in [9.17, 15) is 4.79 Å². The molecule has 0 N–H and O–H groups in total. The van der Waals surface area contributed by atoms with Crippen molar-refractivity contribution in [2.75, 3.05) is 20.1 Å². The number of amides is 1. The Morgan fingerprint density at radius 3 is 2.86 bits per heavy atom. The van der Waals surface area contributed by atoms with Gasteiger partial charge in [-0.25, -0.2) is 0 Å². The molecule has 116 valence electrons. The number of aryl methyl sites for hydroxylation is 1. The number of aromatic nitrogens is 1. The summed E-state index contributed by atoms with van der Waals surface area (Å²) in [5.74, 6) is 0.958. The summed E-state index contributed by atoms with van der Waals surface area (Å²) in [5, 5.41) is 3.96. The van der Waals surface area contributed by atoms with Gasteiger partial charge in [0.1, 0.15) is 5.76 Å². The zero-order chi connectivity index (χ0) is 15.5. The molecule has 0 saturated heterocycles. The number of fused-ring (bicyclic) bond motifs is 1. The van der Waals surface area contributed by atoms with Crippen molar-refractivity contribution in [2.24, 2.45) is 0 Å². The van der Waals surface area contributed by atoms with Crippen molar-refractivity contribution < 1.29 is 9.32 Å². The number of carbonyl (C=O) groups is 1. The lowest BCUT2D eigenvalue weighted by molar-refractivity contribution is -0.133. The Morgan fingerprint density at radius 1 is 1.36 bits per heavy atom. The summed E-state index contributed by atoms with van der Waals surface area (Å²) in [4.78, 5) is 16.4. The van der Waals surface area contributed by atoms with Crippen LogP contribution in [0.15, 0.2) is 34.9 Å². The van der Waals surface area contributed by atoms with Gasteiger partial charge in [-0.2, -0.15) is 0 Å². The Morgan fingerprint density at radius 2 is 2.14 bits per heavy atom. The van der Waals surface area contributed by atoms with Gasteiger partial charge in [-0.1, -0.05) is 29.4 Å². The highest BCUT2D eigenvalue weighted by Gasteiger charge is 2.21. The molecule has 1 aliphatic rings. The molecule has 22 heavy (non-hydrogen) atoms. The average molecular weight is 299 g/mol. The summed E-state index contributed by atoms with van der Waals surface area (Å²) in [6.45, 7) is 4.40. The average Bonchev–Trinajstić information content (AvgIpc) is 2.91. The highest BCUT2D eigenvalue weighted by molar-refractivity contribution is 5.78. The molecule has 0 radical (unpaired) electrons. The second kappa shape index (κ2) is 6.32. The molecule has 3 rings (SSSR count). The minimum Gasteiger partial charge on any atom is -0.361 e. The van der Waals surface area contributed by atoms with E-state index >= 15 is 0 Å². The molecule has 1 aromatic heterocycles. The van der Waals surface area contributed by atoms with Crippen LogP contribution in [0.25, 0.3) is 0 Å². The minimum absolute atomic E-state index is 0.164. The van der Waals surface area contributed by atoms with Gasteiger partial charge in [0.2, 0.25) is 5.91 Å². The third-order valence-electron chi connectivity index (χ3n) is 4.00. The molecular formula is C17H21N3O2. The maximum absolute atomic E-state index is 12.5. The van der Waals surface area contributed by atoms with Gasteiger partial charge in [0.15, 0.2) is 0 Å². The Hall–Kier alpha value is -2.14. The number of hydrogen-bond donors (Lipinski definition) is 0. The molecule has 5 nitrogen and oxygen atoms in total. The number of rotatable bonds is 4. The van der Waals surface area contributed by atoms with Crippen molar-refractivity contribution in [1.82, 2.24) is 15.0 Å². The van der Waals surface area contributed by atoms with Crippen LogP contribution in [0, 0.1) is 6.92 Å². The van der Waals surface area contributed by atoms with Gasteiger partial charge in [0.05, 0.1) is 12.2 Å². The highest BCUT2D eigenvalue weighted by Crippen LogP contribution is 2.18. The molecule has 0 atom stereocenters. The lowest BCUT2D eigenvalue weighted by atomic mass is 10.00. The lowest BCUT2D eigenvalue weighted by Crippen LogP contribution is -2.41. The molecule has 0 saturated carbocycles. The predicted octanol–water partition coefficient (Wildman–Crippen LogP) is 2.00. The van der Waals surface area contributed by atoms with Crippen LogP contribution in [0.2, 0.25) is 0 Å². The lowest BCUT2D eigenvalue weighted by Gasteiger charge is -2.30. The van der Waals surface area contributed by atoms with Crippen LogP contribution in [-0.2, 0) is 24.3 Å². The number of hydrogen-bond acceptors (Lipinski definition) is 4. The molecule has 0 aliphatic carbocycles. The van der Waals surface area contributed by atoms with E-state index < -0.39 is 0 Å². The smallest absolute Gasteiger partial charge is 0.237 e. The van der Waals surface area contributed by atoms with Crippen molar-refractivity contribution >= 4 is 5.91 Å². The van der Waals surface area contributed by atoms with Gasteiger partial charge < -0.3 is 9.42 Å². The van der Waals surface area contributed by atoms with Crippen LogP contribution < -0.4 is 0 Å². The maximum Gasteiger partial charge on any atom is 0.237 e. The first-order valence-corrected chi connectivity index (χ1v) is 7.57. The second-order valence-electron chi connectivity index (χ2n) is 5.94. The van der Waals surface area contributed by atoms with E-state index in [4.69, 9.17) is 4.52 Å². The minimum atomic E-state index is 0.164. The summed E-state index contributed by atoms with van der Waals surface area (Å²) in [6.07, 6.45) is 0.939. The van der Waals surface area contributed by atoms with Gasteiger partial charge in [-0.15, -0.1) is 0 Å². The predicted molar refractivity (Wildman–Crippen MR) is 83.1 cm³/mol. The van der Waals surface area contributed by atoms with Crippen LogP contribution >= 0.6 is 0 Å². The third-order valence-corrected chi connectivity index (χ3v) is 4.00. The van der Waals surface area contributed by atoms with E-state index in [1.165, 1.54) is 11.1 Å². The fourth-order valence-electron chi connectivity index (χ4n) is 2.86. The van der Waals surface area contributed by atoms with Crippen molar-refractivity contribution in [3.05, 3.63) is 52.9 Å². The third kappa shape index (κ3) is 3.36.